The van der Waals surface area contributed by atoms with Crippen molar-refractivity contribution in [1.82, 2.24) is 4.90 Å². The summed E-state index contributed by atoms with van der Waals surface area (Å²) in [4.78, 5) is 2.41. The SMILES string of the molecule is COc1ccccc1OCCN1CC(N)CCC1C. The quantitative estimate of drug-likeness (QED) is 0.882. The first-order valence-corrected chi connectivity index (χ1v) is 6.96. The Morgan fingerprint density at radius 1 is 1.26 bits per heavy atom. The van der Waals surface area contributed by atoms with Gasteiger partial charge in [-0.05, 0) is 31.9 Å². The second-order valence-electron chi connectivity index (χ2n) is 5.18. The molecule has 4 heteroatoms. The molecule has 1 saturated heterocycles. The van der Waals surface area contributed by atoms with E-state index in [9.17, 15) is 0 Å². The van der Waals surface area contributed by atoms with Crippen LogP contribution in [0.3, 0.4) is 0 Å². The van der Waals surface area contributed by atoms with Crippen molar-refractivity contribution in [3.05, 3.63) is 24.3 Å². The smallest absolute Gasteiger partial charge is 0.161 e. The largest absolute Gasteiger partial charge is 0.493 e. The van der Waals surface area contributed by atoms with Gasteiger partial charge in [0.2, 0.25) is 0 Å². The fourth-order valence-corrected chi connectivity index (χ4v) is 2.53. The van der Waals surface area contributed by atoms with Crippen molar-refractivity contribution in [3.63, 3.8) is 0 Å². The van der Waals surface area contributed by atoms with Crippen LogP contribution in [0.2, 0.25) is 0 Å². The van der Waals surface area contributed by atoms with Crippen molar-refractivity contribution in [1.29, 1.82) is 0 Å². The summed E-state index contributed by atoms with van der Waals surface area (Å²) in [6, 6.07) is 8.65. The molecule has 1 aromatic carbocycles. The molecule has 0 radical (unpaired) electrons. The van der Waals surface area contributed by atoms with E-state index in [1.54, 1.807) is 7.11 Å². The minimum atomic E-state index is 0.308. The molecule has 4 nitrogen and oxygen atoms in total. The summed E-state index contributed by atoms with van der Waals surface area (Å²) in [5.41, 5.74) is 6.01. The maximum atomic E-state index is 6.01. The normalized spacial score (nSPS) is 24.2. The van der Waals surface area contributed by atoms with E-state index in [1.165, 1.54) is 6.42 Å². The Morgan fingerprint density at radius 3 is 2.74 bits per heavy atom. The van der Waals surface area contributed by atoms with Crippen molar-refractivity contribution < 1.29 is 9.47 Å². The lowest BCUT2D eigenvalue weighted by Gasteiger charge is -2.36. The standard InChI is InChI=1S/C15H24N2O2/c1-12-7-8-13(16)11-17(12)9-10-19-15-6-4-3-5-14(15)18-2/h3-6,12-13H,7-11,16H2,1-2H3. The third kappa shape index (κ3) is 3.85. The fraction of sp³-hybridized carbons (Fsp3) is 0.600. The molecule has 2 rings (SSSR count). The number of hydrogen-bond acceptors (Lipinski definition) is 4. The number of nitrogens with two attached hydrogens (primary N) is 1. The molecule has 1 aliphatic heterocycles. The zero-order chi connectivity index (χ0) is 13.7. The van der Waals surface area contributed by atoms with E-state index < -0.39 is 0 Å². The Morgan fingerprint density at radius 2 is 2.00 bits per heavy atom. The Bertz CT molecular complexity index is 397. The molecule has 19 heavy (non-hydrogen) atoms. The molecule has 1 fully saturated rings. The maximum absolute atomic E-state index is 6.01. The lowest BCUT2D eigenvalue weighted by atomic mass is 10.0. The summed E-state index contributed by atoms with van der Waals surface area (Å²) < 4.78 is 11.1. The van der Waals surface area contributed by atoms with E-state index in [1.807, 2.05) is 24.3 Å². The molecule has 0 aromatic heterocycles. The zero-order valence-electron chi connectivity index (χ0n) is 11.8. The highest BCUT2D eigenvalue weighted by molar-refractivity contribution is 5.39. The lowest BCUT2D eigenvalue weighted by molar-refractivity contribution is 0.121. The summed E-state index contributed by atoms with van der Waals surface area (Å²) in [6.07, 6.45) is 2.31. The fourth-order valence-electron chi connectivity index (χ4n) is 2.53. The van der Waals surface area contributed by atoms with Gasteiger partial charge in [0.15, 0.2) is 11.5 Å². The van der Waals surface area contributed by atoms with Crippen LogP contribution >= 0.6 is 0 Å². The summed E-state index contributed by atoms with van der Waals surface area (Å²) in [5.74, 6) is 1.59. The highest BCUT2D eigenvalue weighted by Crippen LogP contribution is 2.25. The average Bonchev–Trinajstić information content (AvgIpc) is 2.43. The lowest BCUT2D eigenvalue weighted by Crippen LogP contribution is -2.48. The number of ether oxygens (including phenoxy) is 2. The number of para-hydroxylation sites is 2. The number of nitrogens with zero attached hydrogens (tertiary/aromatic N) is 1. The number of rotatable bonds is 5. The summed E-state index contributed by atoms with van der Waals surface area (Å²) in [6.45, 7) is 4.80. The first kappa shape index (κ1) is 14.2. The predicted molar refractivity (Wildman–Crippen MR) is 76.7 cm³/mol. The molecule has 2 N–H and O–H groups in total. The van der Waals surface area contributed by atoms with Gasteiger partial charge in [0, 0.05) is 25.2 Å². The summed E-state index contributed by atoms with van der Waals surface area (Å²) in [7, 11) is 1.66. The van der Waals surface area contributed by atoms with Crippen LogP contribution in [0.1, 0.15) is 19.8 Å². The molecule has 1 aromatic rings. The van der Waals surface area contributed by atoms with Crippen LogP contribution in [-0.4, -0.2) is 43.8 Å². The van der Waals surface area contributed by atoms with Gasteiger partial charge in [0.1, 0.15) is 6.61 Å². The van der Waals surface area contributed by atoms with Gasteiger partial charge in [0.25, 0.3) is 0 Å². The molecule has 1 heterocycles. The topological polar surface area (TPSA) is 47.7 Å². The molecule has 0 amide bonds. The van der Waals surface area contributed by atoms with Gasteiger partial charge in [-0.25, -0.2) is 0 Å². The molecule has 106 valence electrons. The van der Waals surface area contributed by atoms with Crippen molar-refractivity contribution in [3.8, 4) is 11.5 Å². The van der Waals surface area contributed by atoms with Crippen LogP contribution in [0.25, 0.3) is 0 Å². The van der Waals surface area contributed by atoms with Crippen LogP contribution in [0, 0.1) is 0 Å². The molecule has 2 atom stereocenters. The average molecular weight is 264 g/mol. The zero-order valence-corrected chi connectivity index (χ0v) is 11.8. The Balaban J connectivity index is 1.82. The van der Waals surface area contributed by atoms with Crippen molar-refractivity contribution in [2.75, 3.05) is 26.8 Å². The highest BCUT2D eigenvalue weighted by Gasteiger charge is 2.22. The van der Waals surface area contributed by atoms with Crippen LogP contribution in [-0.2, 0) is 0 Å². The number of piperidine rings is 1. The molecule has 0 aliphatic carbocycles. The first-order chi connectivity index (χ1) is 9.20. The third-order valence-corrected chi connectivity index (χ3v) is 3.75. The minimum absolute atomic E-state index is 0.308. The molecular formula is C15H24N2O2. The summed E-state index contributed by atoms with van der Waals surface area (Å²) >= 11 is 0. The van der Waals surface area contributed by atoms with E-state index in [0.29, 0.717) is 18.7 Å². The van der Waals surface area contributed by atoms with Crippen LogP contribution in [0.15, 0.2) is 24.3 Å². The minimum Gasteiger partial charge on any atom is -0.493 e. The van der Waals surface area contributed by atoms with Gasteiger partial charge in [-0.3, -0.25) is 4.90 Å². The van der Waals surface area contributed by atoms with E-state index >= 15 is 0 Å². The first-order valence-electron chi connectivity index (χ1n) is 6.96. The highest BCUT2D eigenvalue weighted by atomic mass is 16.5. The molecule has 1 aliphatic rings. The van der Waals surface area contributed by atoms with Gasteiger partial charge in [-0.15, -0.1) is 0 Å². The van der Waals surface area contributed by atoms with Gasteiger partial charge in [-0.1, -0.05) is 12.1 Å². The van der Waals surface area contributed by atoms with E-state index in [-0.39, 0.29) is 0 Å². The third-order valence-electron chi connectivity index (χ3n) is 3.75. The van der Waals surface area contributed by atoms with E-state index in [0.717, 1.165) is 31.0 Å². The predicted octanol–water partition coefficient (Wildman–Crippen LogP) is 1.89. The van der Waals surface area contributed by atoms with E-state index in [2.05, 4.69) is 11.8 Å². The number of hydrogen-bond donors (Lipinski definition) is 1. The molecule has 2 unspecified atom stereocenters. The monoisotopic (exact) mass is 264 g/mol. The second-order valence-corrected chi connectivity index (χ2v) is 5.18. The second kappa shape index (κ2) is 6.78. The van der Waals surface area contributed by atoms with Crippen LogP contribution in [0.4, 0.5) is 0 Å². The molecule has 0 spiro atoms. The van der Waals surface area contributed by atoms with Crippen molar-refractivity contribution in [2.45, 2.75) is 31.8 Å². The van der Waals surface area contributed by atoms with Gasteiger partial charge < -0.3 is 15.2 Å². The van der Waals surface area contributed by atoms with Crippen molar-refractivity contribution in [2.24, 2.45) is 5.73 Å². The molecular weight excluding hydrogens is 240 g/mol. The Hall–Kier alpha value is -1.26. The molecule has 0 bridgehead atoms. The van der Waals surface area contributed by atoms with Gasteiger partial charge in [0.05, 0.1) is 7.11 Å². The van der Waals surface area contributed by atoms with Crippen molar-refractivity contribution >= 4 is 0 Å². The number of benzene rings is 1. The van der Waals surface area contributed by atoms with Gasteiger partial charge >= 0.3 is 0 Å². The van der Waals surface area contributed by atoms with Gasteiger partial charge in [-0.2, -0.15) is 0 Å². The van der Waals surface area contributed by atoms with Crippen LogP contribution in [0.5, 0.6) is 11.5 Å². The van der Waals surface area contributed by atoms with Crippen LogP contribution < -0.4 is 15.2 Å². The maximum Gasteiger partial charge on any atom is 0.161 e. The number of methoxy groups -OCH3 is 1. The summed E-state index contributed by atoms with van der Waals surface area (Å²) in [5, 5.41) is 0. The number of likely N-dealkylation sites (tertiary alicyclic amines) is 1. The Kier molecular flexibility index (Phi) is 5.05. The Labute approximate surface area is 115 Å². The van der Waals surface area contributed by atoms with E-state index in [4.69, 9.17) is 15.2 Å². The molecule has 0 saturated carbocycles.